The molecule has 1 atom stereocenters. The molecule has 0 aliphatic heterocycles. The average molecular weight is 344 g/mol. The Hall–Kier alpha value is -2.77. The van der Waals surface area contributed by atoms with E-state index in [1.807, 2.05) is 44.2 Å². The minimum atomic E-state index is -0.620. The summed E-state index contributed by atoms with van der Waals surface area (Å²) in [7, 11) is 4.92. The van der Waals surface area contributed by atoms with Gasteiger partial charge in [0, 0.05) is 26.7 Å². The second-order valence-electron chi connectivity index (χ2n) is 6.47. The molecule has 0 aliphatic rings. The van der Waals surface area contributed by atoms with Gasteiger partial charge in [-0.3, -0.25) is 9.59 Å². The first-order valence-electron chi connectivity index (χ1n) is 8.11. The van der Waals surface area contributed by atoms with Gasteiger partial charge in [-0.15, -0.1) is 10.2 Å². The molecule has 0 saturated carbocycles. The lowest BCUT2D eigenvalue weighted by molar-refractivity contribution is -0.141. The van der Waals surface area contributed by atoms with Gasteiger partial charge in [0.2, 0.25) is 17.6 Å². The van der Waals surface area contributed by atoms with E-state index in [-0.39, 0.29) is 24.3 Å². The number of carbonyl (C=O) groups excluding carboxylic acids is 2. The number of benzene rings is 1. The van der Waals surface area contributed by atoms with Crippen LogP contribution in [0.3, 0.4) is 0 Å². The lowest BCUT2D eigenvalue weighted by atomic mass is 10.0. The number of carbonyl (C=O) groups is 2. The summed E-state index contributed by atoms with van der Waals surface area (Å²) in [5, 5.41) is 12.5. The highest BCUT2D eigenvalue weighted by molar-refractivity contribution is 5.86. The first-order chi connectivity index (χ1) is 11.8. The Bertz CT molecular complexity index is 726. The number of hydrogen-bond acceptors (Lipinski definition) is 5. The number of hydrogen-bond donors (Lipinski definition) is 0. The minimum Gasteiger partial charge on any atom is -0.347 e. The summed E-state index contributed by atoms with van der Waals surface area (Å²) in [5.41, 5.74) is 0.833. The molecular formula is C17H24N6O2. The quantitative estimate of drug-likeness (QED) is 0.783. The molecule has 1 heterocycles. The normalized spacial score (nSPS) is 12.1. The lowest BCUT2D eigenvalue weighted by Gasteiger charge is -2.25. The number of aromatic nitrogens is 4. The molecule has 134 valence electrons. The van der Waals surface area contributed by atoms with E-state index in [4.69, 9.17) is 0 Å². The summed E-state index contributed by atoms with van der Waals surface area (Å²) >= 11 is 0. The van der Waals surface area contributed by atoms with Crippen LogP contribution in [-0.4, -0.2) is 69.5 Å². The second-order valence-corrected chi connectivity index (χ2v) is 6.47. The van der Waals surface area contributed by atoms with Gasteiger partial charge in [-0.25, -0.2) is 0 Å². The second kappa shape index (κ2) is 7.87. The number of rotatable bonds is 6. The van der Waals surface area contributed by atoms with Crippen molar-refractivity contribution in [3.63, 3.8) is 0 Å². The highest BCUT2D eigenvalue weighted by Gasteiger charge is 2.30. The fourth-order valence-electron chi connectivity index (χ4n) is 2.34. The smallest absolute Gasteiger partial charge is 0.249 e. The number of likely N-dealkylation sites (N-methyl/N-ethyl adjacent to an activating group) is 2. The van der Waals surface area contributed by atoms with Crippen LogP contribution in [0.1, 0.15) is 19.9 Å². The van der Waals surface area contributed by atoms with Crippen LogP contribution < -0.4 is 0 Å². The first kappa shape index (κ1) is 18.6. The van der Waals surface area contributed by atoms with Gasteiger partial charge in [0.05, 0.1) is 6.54 Å². The van der Waals surface area contributed by atoms with E-state index in [0.717, 1.165) is 5.56 Å². The van der Waals surface area contributed by atoms with Gasteiger partial charge in [-0.2, -0.15) is 4.80 Å². The van der Waals surface area contributed by atoms with Crippen LogP contribution >= 0.6 is 0 Å². The highest BCUT2D eigenvalue weighted by atomic mass is 16.2. The zero-order valence-electron chi connectivity index (χ0n) is 15.2. The third-order valence-electron chi connectivity index (χ3n) is 3.84. The van der Waals surface area contributed by atoms with E-state index in [9.17, 15) is 9.59 Å². The van der Waals surface area contributed by atoms with Crippen LogP contribution in [0.2, 0.25) is 0 Å². The molecule has 0 fully saturated rings. The monoisotopic (exact) mass is 344 g/mol. The predicted molar refractivity (Wildman–Crippen MR) is 93.5 cm³/mol. The van der Waals surface area contributed by atoms with Crippen molar-refractivity contribution in [2.24, 2.45) is 5.92 Å². The van der Waals surface area contributed by atoms with Crippen molar-refractivity contribution in [3.8, 4) is 11.4 Å². The number of amides is 2. The zero-order valence-corrected chi connectivity index (χ0v) is 15.2. The molecule has 8 heteroatoms. The fourth-order valence-corrected chi connectivity index (χ4v) is 2.34. The molecule has 1 aromatic heterocycles. The molecule has 2 amide bonds. The molecule has 0 unspecified atom stereocenters. The molecule has 25 heavy (non-hydrogen) atoms. The summed E-state index contributed by atoms with van der Waals surface area (Å²) in [5.74, 6) is 0.0467. The van der Waals surface area contributed by atoms with Gasteiger partial charge in [-0.1, -0.05) is 44.2 Å². The van der Waals surface area contributed by atoms with E-state index in [1.165, 1.54) is 14.6 Å². The van der Waals surface area contributed by atoms with E-state index >= 15 is 0 Å². The van der Waals surface area contributed by atoms with Gasteiger partial charge in [0.1, 0.15) is 0 Å². The maximum Gasteiger partial charge on any atom is 0.249 e. The fraction of sp³-hybridized carbons (Fsp3) is 0.471. The molecule has 0 aliphatic carbocycles. The topological polar surface area (TPSA) is 84.2 Å². The summed E-state index contributed by atoms with van der Waals surface area (Å²) in [6, 6.07) is 8.84. The van der Waals surface area contributed by atoms with Crippen molar-refractivity contribution in [1.29, 1.82) is 0 Å². The maximum absolute atomic E-state index is 12.8. The van der Waals surface area contributed by atoms with Crippen LogP contribution in [0, 0.1) is 5.92 Å². The molecule has 1 aromatic carbocycles. The van der Waals surface area contributed by atoms with Gasteiger partial charge >= 0.3 is 0 Å². The molecule has 0 radical (unpaired) electrons. The van der Waals surface area contributed by atoms with E-state index < -0.39 is 6.04 Å². The largest absolute Gasteiger partial charge is 0.347 e. The van der Waals surface area contributed by atoms with Crippen molar-refractivity contribution >= 4 is 11.8 Å². The third kappa shape index (κ3) is 4.40. The lowest BCUT2D eigenvalue weighted by Crippen LogP contribution is -2.43. The van der Waals surface area contributed by atoms with Crippen LogP contribution in [0.4, 0.5) is 0 Å². The van der Waals surface area contributed by atoms with Gasteiger partial charge in [-0.05, 0) is 11.1 Å². The molecule has 2 rings (SSSR count). The van der Waals surface area contributed by atoms with Crippen LogP contribution in [0.5, 0.6) is 0 Å². The molecule has 0 bridgehead atoms. The number of tetrazole rings is 1. The van der Waals surface area contributed by atoms with Gasteiger partial charge < -0.3 is 9.80 Å². The van der Waals surface area contributed by atoms with Crippen molar-refractivity contribution in [2.75, 3.05) is 27.7 Å². The van der Waals surface area contributed by atoms with E-state index in [0.29, 0.717) is 5.82 Å². The Morgan fingerprint density at radius 2 is 1.76 bits per heavy atom. The highest BCUT2D eigenvalue weighted by Crippen LogP contribution is 2.20. The summed E-state index contributed by atoms with van der Waals surface area (Å²) in [4.78, 5) is 28.9. The zero-order chi connectivity index (χ0) is 18.6. The summed E-state index contributed by atoms with van der Waals surface area (Å²) < 4.78 is 0. The van der Waals surface area contributed by atoms with Crippen molar-refractivity contribution < 1.29 is 9.59 Å². The summed E-state index contributed by atoms with van der Waals surface area (Å²) in [6.07, 6.45) is 0. The van der Waals surface area contributed by atoms with Crippen molar-refractivity contribution in [3.05, 3.63) is 30.3 Å². The SMILES string of the molecule is CC(C)[C@@H](C(=O)N(C)CC(=O)N(C)C)n1nnc(-c2ccccc2)n1. The molecule has 0 N–H and O–H groups in total. The molecule has 0 saturated heterocycles. The first-order valence-corrected chi connectivity index (χ1v) is 8.11. The van der Waals surface area contributed by atoms with E-state index in [2.05, 4.69) is 15.4 Å². The summed E-state index contributed by atoms with van der Waals surface area (Å²) in [6.45, 7) is 3.83. The Morgan fingerprint density at radius 3 is 2.32 bits per heavy atom. The Labute approximate surface area is 147 Å². The standard InChI is InChI=1S/C17H24N6O2/c1-12(2)15(17(25)22(5)11-14(24)21(3)4)23-19-16(18-20-23)13-9-7-6-8-10-13/h6-10,12,15H,11H2,1-5H3/t15-/m0/s1. The molecule has 2 aromatic rings. The van der Waals surface area contributed by atoms with Crippen molar-refractivity contribution in [1.82, 2.24) is 30.0 Å². The molecule has 8 nitrogen and oxygen atoms in total. The average Bonchev–Trinajstić information content (AvgIpc) is 3.04. The number of nitrogens with zero attached hydrogens (tertiary/aromatic N) is 6. The molecular weight excluding hydrogens is 320 g/mol. The minimum absolute atomic E-state index is 0.00922. The van der Waals surface area contributed by atoms with Crippen LogP contribution in [-0.2, 0) is 9.59 Å². The third-order valence-corrected chi connectivity index (χ3v) is 3.84. The Morgan fingerprint density at radius 1 is 1.12 bits per heavy atom. The van der Waals surface area contributed by atoms with Gasteiger partial charge in [0.25, 0.3) is 0 Å². The van der Waals surface area contributed by atoms with Crippen LogP contribution in [0.15, 0.2) is 30.3 Å². The maximum atomic E-state index is 12.8. The Kier molecular flexibility index (Phi) is 5.84. The van der Waals surface area contributed by atoms with E-state index in [1.54, 1.807) is 21.1 Å². The van der Waals surface area contributed by atoms with Gasteiger partial charge in [0.15, 0.2) is 6.04 Å². The Balaban J connectivity index is 2.22. The van der Waals surface area contributed by atoms with Crippen molar-refractivity contribution in [2.45, 2.75) is 19.9 Å². The molecule has 0 spiro atoms. The van der Waals surface area contributed by atoms with Crippen LogP contribution in [0.25, 0.3) is 11.4 Å². The predicted octanol–water partition coefficient (Wildman–Crippen LogP) is 1.08.